The van der Waals surface area contributed by atoms with Crippen LogP contribution >= 0.6 is 0 Å². The Morgan fingerprint density at radius 2 is 1.95 bits per heavy atom. The molecule has 0 aliphatic rings. The number of amides is 1. The van der Waals surface area contributed by atoms with E-state index >= 15 is 0 Å². The molecule has 1 rings (SSSR count). The number of hydrogen-bond acceptors (Lipinski definition) is 3. The SMILES string of the molecule is CC(=O)Nc1ccc(C)c(S(=O)(=O)NCC(C)C)c1. The monoisotopic (exact) mass is 284 g/mol. The second-order valence-corrected chi connectivity index (χ2v) is 6.64. The number of sulfonamides is 1. The van der Waals surface area contributed by atoms with Gasteiger partial charge in [-0.25, -0.2) is 13.1 Å². The van der Waals surface area contributed by atoms with Crippen LogP contribution in [0.5, 0.6) is 0 Å². The van der Waals surface area contributed by atoms with E-state index in [1.165, 1.54) is 13.0 Å². The molecule has 0 aliphatic heterocycles. The van der Waals surface area contributed by atoms with Crippen molar-refractivity contribution in [2.24, 2.45) is 5.92 Å². The van der Waals surface area contributed by atoms with Gasteiger partial charge in [0, 0.05) is 19.2 Å². The van der Waals surface area contributed by atoms with Gasteiger partial charge in [-0.05, 0) is 30.5 Å². The van der Waals surface area contributed by atoms with E-state index in [2.05, 4.69) is 10.0 Å². The average molecular weight is 284 g/mol. The molecule has 1 aromatic carbocycles. The van der Waals surface area contributed by atoms with E-state index < -0.39 is 10.0 Å². The van der Waals surface area contributed by atoms with Crippen LogP contribution < -0.4 is 10.0 Å². The molecule has 6 heteroatoms. The van der Waals surface area contributed by atoms with Crippen LogP contribution in [0.2, 0.25) is 0 Å². The quantitative estimate of drug-likeness (QED) is 0.867. The standard InChI is InChI=1S/C13H20N2O3S/c1-9(2)8-14-19(17,18)13-7-12(15-11(4)16)6-5-10(13)3/h5-7,9,14H,8H2,1-4H3,(H,15,16). The van der Waals surface area contributed by atoms with Crippen LogP contribution in [0.1, 0.15) is 26.3 Å². The molecule has 0 heterocycles. The largest absolute Gasteiger partial charge is 0.326 e. The molecule has 0 aromatic heterocycles. The van der Waals surface area contributed by atoms with Gasteiger partial charge in [-0.2, -0.15) is 0 Å². The van der Waals surface area contributed by atoms with Crippen molar-refractivity contribution >= 4 is 21.6 Å². The number of hydrogen-bond donors (Lipinski definition) is 2. The highest BCUT2D eigenvalue weighted by Crippen LogP contribution is 2.20. The topological polar surface area (TPSA) is 75.3 Å². The molecule has 0 atom stereocenters. The molecule has 19 heavy (non-hydrogen) atoms. The Labute approximate surface area is 114 Å². The molecule has 0 saturated carbocycles. The number of carbonyl (C=O) groups is 1. The van der Waals surface area contributed by atoms with Gasteiger partial charge in [0.25, 0.3) is 0 Å². The van der Waals surface area contributed by atoms with E-state index in [1.807, 2.05) is 13.8 Å². The maximum absolute atomic E-state index is 12.2. The Kier molecular flexibility index (Phi) is 5.08. The lowest BCUT2D eigenvalue weighted by Crippen LogP contribution is -2.28. The summed E-state index contributed by atoms with van der Waals surface area (Å²) in [6.07, 6.45) is 0. The van der Waals surface area contributed by atoms with Crippen molar-refractivity contribution in [3.63, 3.8) is 0 Å². The van der Waals surface area contributed by atoms with Crippen molar-refractivity contribution in [3.05, 3.63) is 23.8 Å². The molecule has 106 valence electrons. The van der Waals surface area contributed by atoms with Crippen molar-refractivity contribution in [2.45, 2.75) is 32.6 Å². The summed E-state index contributed by atoms with van der Waals surface area (Å²) in [7, 11) is -3.55. The number of carbonyl (C=O) groups excluding carboxylic acids is 1. The van der Waals surface area contributed by atoms with Gasteiger partial charge in [0.15, 0.2) is 0 Å². The van der Waals surface area contributed by atoms with Gasteiger partial charge in [0.05, 0.1) is 4.90 Å². The summed E-state index contributed by atoms with van der Waals surface area (Å²) in [5.74, 6) is -0.00375. The smallest absolute Gasteiger partial charge is 0.240 e. The fourth-order valence-corrected chi connectivity index (χ4v) is 3.01. The number of benzene rings is 1. The Hall–Kier alpha value is -1.40. The van der Waals surface area contributed by atoms with E-state index in [9.17, 15) is 13.2 Å². The molecular formula is C13H20N2O3S. The Balaban J connectivity index is 3.07. The summed E-state index contributed by atoms with van der Waals surface area (Å²) in [5.41, 5.74) is 1.12. The van der Waals surface area contributed by atoms with Gasteiger partial charge in [-0.15, -0.1) is 0 Å². The first-order valence-electron chi connectivity index (χ1n) is 6.10. The predicted octanol–water partition coefficient (Wildman–Crippen LogP) is 1.89. The predicted molar refractivity (Wildman–Crippen MR) is 75.5 cm³/mol. The van der Waals surface area contributed by atoms with Crippen LogP contribution in [0.4, 0.5) is 5.69 Å². The lowest BCUT2D eigenvalue weighted by molar-refractivity contribution is -0.114. The highest BCUT2D eigenvalue weighted by atomic mass is 32.2. The third-order valence-electron chi connectivity index (χ3n) is 2.48. The van der Waals surface area contributed by atoms with Crippen LogP contribution in [-0.4, -0.2) is 20.9 Å². The number of anilines is 1. The Morgan fingerprint density at radius 1 is 1.32 bits per heavy atom. The number of aryl methyl sites for hydroxylation is 1. The zero-order valence-corrected chi connectivity index (χ0v) is 12.5. The average Bonchev–Trinajstić information content (AvgIpc) is 2.28. The summed E-state index contributed by atoms with van der Waals surface area (Å²) < 4.78 is 26.9. The molecule has 0 spiro atoms. The summed E-state index contributed by atoms with van der Waals surface area (Å²) in [4.78, 5) is 11.2. The zero-order chi connectivity index (χ0) is 14.6. The second-order valence-electron chi connectivity index (χ2n) is 4.91. The molecule has 0 fully saturated rings. The van der Waals surface area contributed by atoms with Crippen LogP contribution in [0.15, 0.2) is 23.1 Å². The lowest BCUT2D eigenvalue weighted by atomic mass is 10.2. The summed E-state index contributed by atoms with van der Waals surface area (Å²) in [5, 5.41) is 2.58. The van der Waals surface area contributed by atoms with Crippen molar-refractivity contribution < 1.29 is 13.2 Å². The Morgan fingerprint density at radius 3 is 2.47 bits per heavy atom. The van der Waals surface area contributed by atoms with Gasteiger partial charge in [-0.1, -0.05) is 19.9 Å². The summed E-state index contributed by atoms with van der Waals surface area (Å²) >= 11 is 0. The third-order valence-corrected chi connectivity index (χ3v) is 4.05. The van der Waals surface area contributed by atoms with Crippen LogP contribution in [0.25, 0.3) is 0 Å². The van der Waals surface area contributed by atoms with Gasteiger partial charge < -0.3 is 5.32 Å². The molecule has 0 saturated heterocycles. The molecule has 1 amide bonds. The van der Waals surface area contributed by atoms with Gasteiger partial charge >= 0.3 is 0 Å². The normalized spacial score (nSPS) is 11.6. The summed E-state index contributed by atoms with van der Waals surface area (Å²) in [6, 6.07) is 4.83. The van der Waals surface area contributed by atoms with Crippen LogP contribution in [0.3, 0.4) is 0 Å². The van der Waals surface area contributed by atoms with E-state index in [1.54, 1.807) is 19.1 Å². The van der Waals surface area contributed by atoms with Crippen LogP contribution in [0, 0.1) is 12.8 Å². The maximum atomic E-state index is 12.2. The van der Waals surface area contributed by atoms with Crippen LogP contribution in [-0.2, 0) is 14.8 Å². The van der Waals surface area contributed by atoms with E-state index in [0.717, 1.165) is 0 Å². The molecule has 0 bridgehead atoms. The third kappa shape index (κ3) is 4.65. The van der Waals surface area contributed by atoms with Gasteiger partial charge in [0.2, 0.25) is 15.9 Å². The second kappa shape index (κ2) is 6.16. The highest BCUT2D eigenvalue weighted by Gasteiger charge is 2.17. The minimum atomic E-state index is -3.55. The molecule has 0 aliphatic carbocycles. The van der Waals surface area contributed by atoms with E-state index in [0.29, 0.717) is 17.8 Å². The fraction of sp³-hybridized carbons (Fsp3) is 0.462. The minimum absolute atomic E-state index is 0.194. The first kappa shape index (κ1) is 15.7. The molecule has 0 radical (unpaired) electrons. The van der Waals surface area contributed by atoms with Crippen molar-refractivity contribution in [2.75, 3.05) is 11.9 Å². The lowest BCUT2D eigenvalue weighted by Gasteiger charge is -2.12. The highest BCUT2D eigenvalue weighted by molar-refractivity contribution is 7.89. The molecule has 2 N–H and O–H groups in total. The van der Waals surface area contributed by atoms with E-state index in [4.69, 9.17) is 0 Å². The molecule has 0 unspecified atom stereocenters. The number of nitrogens with one attached hydrogen (secondary N) is 2. The molecular weight excluding hydrogens is 264 g/mol. The van der Waals surface area contributed by atoms with E-state index in [-0.39, 0.29) is 16.7 Å². The first-order valence-corrected chi connectivity index (χ1v) is 7.58. The molecule has 1 aromatic rings. The van der Waals surface area contributed by atoms with Crippen molar-refractivity contribution in [1.82, 2.24) is 4.72 Å². The maximum Gasteiger partial charge on any atom is 0.240 e. The zero-order valence-electron chi connectivity index (χ0n) is 11.6. The Bertz CT molecular complexity index is 565. The fourth-order valence-electron chi connectivity index (χ4n) is 1.52. The van der Waals surface area contributed by atoms with Crippen molar-refractivity contribution in [3.8, 4) is 0 Å². The van der Waals surface area contributed by atoms with Crippen molar-refractivity contribution in [1.29, 1.82) is 0 Å². The van der Waals surface area contributed by atoms with Gasteiger partial charge in [-0.3, -0.25) is 4.79 Å². The minimum Gasteiger partial charge on any atom is -0.326 e. The first-order chi connectivity index (χ1) is 8.72. The van der Waals surface area contributed by atoms with Gasteiger partial charge in [0.1, 0.15) is 0 Å². The molecule has 5 nitrogen and oxygen atoms in total. The summed E-state index contributed by atoms with van der Waals surface area (Å²) in [6.45, 7) is 7.35. The number of rotatable bonds is 5.